The molecule has 0 unspecified atom stereocenters. The van der Waals surface area contributed by atoms with Gasteiger partial charge in [0.05, 0.1) is 14.2 Å². The molecule has 1 rings (SSSR count). The molecule has 0 aliphatic carbocycles. The average Bonchev–Trinajstić information content (AvgIpc) is 2.38. The first kappa shape index (κ1) is 14.1. The summed E-state index contributed by atoms with van der Waals surface area (Å²) >= 11 is 0. The third kappa shape index (κ3) is 3.52. The van der Waals surface area contributed by atoms with E-state index in [1.807, 2.05) is 26.0 Å². The monoisotopic (exact) mass is 249 g/mol. The number of amides is 1. The van der Waals surface area contributed by atoms with E-state index in [0.717, 1.165) is 16.9 Å². The predicted molar refractivity (Wildman–Crippen MR) is 71.9 cm³/mol. The molecule has 4 heteroatoms. The Kier molecular flexibility index (Phi) is 5.24. The number of ether oxygens (including phenoxy) is 2. The van der Waals surface area contributed by atoms with Gasteiger partial charge in [-0.05, 0) is 31.6 Å². The standard InChI is InChI=1S/C14H19NO3/c1-5-15-14(16)8-10(2)12-7-6-11(17-3)9-13(12)18-4/h6-9H,5H2,1-4H3,(H,15,16)/b10-8+. The van der Waals surface area contributed by atoms with Gasteiger partial charge < -0.3 is 14.8 Å². The van der Waals surface area contributed by atoms with Gasteiger partial charge in [-0.1, -0.05) is 0 Å². The summed E-state index contributed by atoms with van der Waals surface area (Å²) in [5, 5.41) is 2.73. The maximum absolute atomic E-state index is 11.5. The molecule has 0 heterocycles. The van der Waals surface area contributed by atoms with Crippen molar-refractivity contribution in [3.05, 3.63) is 29.8 Å². The predicted octanol–water partition coefficient (Wildman–Crippen LogP) is 2.24. The molecule has 0 atom stereocenters. The minimum absolute atomic E-state index is 0.104. The van der Waals surface area contributed by atoms with Crippen molar-refractivity contribution in [2.75, 3.05) is 20.8 Å². The molecule has 1 N–H and O–H groups in total. The normalized spacial score (nSPS) is 11.0. The van der Waals surface area contributed by atoms with Gasteiger partial charge in [0.15, 0.2) is 0 Å². The zero-order valence-corrected chi connectivity index (χ0v) is 11.2. The summed E-state index contributed by atoms with van der Waals surface area (Å²) in [4.78, 5) is 11.5. The van der Waals surface area contributed by atoms with Crippen molar-refractivity contribution in [1.82, 2.24) is 5.32 Å². The van der Waals surface area contributed by atoms with Crippen LogP contribution in [-0.4, -0.2) is 26.7 Å². The van der Waals surface area contributed by atoms with Crippen LogP contribution in [0.25, 0.3) is 5.57 Å². The SMILES string of the molecule is CCNC(=O)/C=C(\C)c1ccc(OC)cc1OC. The van der Waals surface area contributed by atoms with Gasteiger partial charge in [0.25, 0.3) is 0 Å². The molecule has 4 nitrogen and oxygen atoms in total. The molecule has 98 valence electrons. The second-order valence-corrected chi connectivity index (χ2v) is 3.79. The van der Waals surface area contributed by atoms with E-state index in [0.29, 0.717) is 12.3 Å². The molecule has 0 saturated carbocycles. The number of nitrogens with one attached hydrogen (secondary N) is 1. The van der Waals surface area contributed by atoms with E-state index >= 15 is 0 Å². The number of hydrogen-bond donors (Lipinski definition) is 1. The zero-order chi connectivity index (χ0) is 13.5. The largest absolute Gasteiger partial charge is 0.497 e. The molecule has 0 fully saturated rings. The molecule has 1 amide bonds. The minimum Gasteiger partial charge on any atom is -0.497 e. The topological polar surface area (TPSA) is 47.6 Å². The highest BCUT2D eigenvalue weighted by Gasteiger charge is 2.07. The number of allylic oxidation sites excluding steroid dienone is 1. The molecule has 0 aliphatic heterocycles. The molecule has 1 aromatic carbocycles. The van der Waals surface area contributed by atoms with E-state index in [-0.39, 0.29) is 5.91 Å². The first-order valence-electron chi connectivity index (χ1n) is 5.80. The molecule has 0 saturated heterocycles. The molecular formula is C14H19NO3. The Labute approximate surface area is 108 Å². The van der Waals surface area contributed by atoms with E-state index in [4.69, 9.17) is 9.47 Å². The highest BCUT2D eigenvalue weighted by molar-refractivity contribution is 5.95. The molecular weight excluding hydrogens is 230 g/mol. The quantitative estimate of drug-likeness (QED) is 0.814. The molecule has 0 bridgehead atoms. The van der Waals surface area contributed by atoms with Crippen LogP contribution in [0.4, 0.5) is 0 Å². The number of carbonyl (C=O) groups is 1. The van der Waals surface area contributed by atoms with Crippen LogP contribution in [0.5, 0.6) is 11.5 Å². The average molecular weight is 249 g/mol. The summed E-state index contributed by atoms with van der Waals surface area (Å²) in [5.74, 6) is 1.31. The van der Waals surface area contributed by atoms with E-state index in [2.05, 4.69) is 5.32 Å². The van der Waals surface area contributed by atoms with Crippen molar-refractivity contribution in [1.29, 1.82) is 0 Å². The van der Waals surface area contributed by atoms with Gasteiger partial charge in [-0.25, -0.2) is 0 Å². The number of carbonyl (C=O) groups excluding carboxylic acids is 1. The number of methoxy groups -OCH3 is 2. The number of rotatable bonds is 5. The van der Waals surface area contributed by atoms with Crippen LogP contribution >= 0.6 is 0 Å². The lowest BCUT2D eigenvalue weighted by molar-refractivity contribution is -0.116. The van der Waals surface area contributed by atoms with Gasteiger partial charge >= 0.3 is 0 Å². The molecule has 18 heavy (non-hydrogen) atoms. The lowest BCUT2D eigenvalue weighted by atomic mass is 10.1. The summed E-state index contributed by atoms with van der Waals surface area (Å²) in [7, 11) is 3.20. The van der Waals surface area contributed by atoms with E-state index in [1.54, 1.807) is 26.4 Å². The second kappa shape index (κ2) is 6.69. The van der Waals surface area contributed by atoms with Crippen molar-refractivity contribution < 1.29 is 14.3 Å². The van der Waals surface area contributed by atoms with Crippen LogP contribution in [0.1, 0.15) is 19.4 Å². The van der Waals surface area contributed by atoms with Crippen LogP contribution in [0, 0.1) is 0 Å². The van der Waals surface area contributed by atoms with Crippen LogP contribution < -0.4 is 14.8 Å². The van der Waals surface area contributed by atoms with Gasteiger partial charge in [0.1, 0.15) is 11.5 Å². The van der Waals surface area contributed by atoms with Gasteiger partial charge in [0, 0.05) is 24.3 Å². The van der Waals surface area contributed by atoms with E-state index in [9.17, 15) is 4.79 Å². The summed E-state index contributed by atoms with van der Waals surface area (Å²) in [6, 6.07) is 5.51. The van der Waals surface area contributed by atoms with Crippen molar-refractivity contribution in [3.63, 3.8) is 0 Å². The first-order chi connectivity index (χ1) is 8.62. The third-order valence-electron chi connectivity index (χ3n) is 2.53. The molecule has 0 aliphatic rings. The fourth-order valence-electron chi connectivity index (χ4n) is 1.62. The Balaban J connectivity index is 3.04. The van der Waals surface area contributed by atoms with Crippen LogP contribution in [0.3, 0.4) is 0 Å². The molecule has 0 radical (unpaired) electrons. The Hall–Kier alpha value is -1.97. The number of benzene rings is 1. The van der Waals surface area contributed by atoms with Crippen molar-refractivity contribution in [2.45, 2.75) is 13.8 Å². The lowest BCUT2D eigenvalue weighted by Gasteiger charge is -2.10. The van der Waals surface area contributed by atoms with Gasteiger partial charge in [0.2, 0.25) is 5.91 Å². The summed E-state index contributed by atoms with van der Waals surface area (Å²) in [6.45, 7) is 4.37. The maximum atomic E-state index is 11.5. The third-order valence-corrected chi connectivity index (χ3v) is 2.53. The Bertz CT molecular complexity index is 452. The fraction of sp³-hybridized carbons (Fsp3) is 0.357. The van der Waals surface area contributed by atoms with E-state index < -0.39 is 0 Å². The zero-order valence-electron chi connectivity index (χ0n) is 11.2. The second-order valence-electron chi connectivity index (χ2n) is 3.79. The molecule has 1 aromatic rings. The maximum Gasteiger partial charge on any atom is 0.244 e. The lowest BCUT2D eigenvalue weighted by Crippen LogP contribution is -2.20. The van der Waals surface area contributed by atoms with Crippen molar-refractivity contribution in [3.8, 4) is 11.5 Å². The smallest absolute Gasteiger partial charge is 0.244 e. The summed E-state index contributed by atoms with van der Waals surface area (Å²) in [6.07, 6.45) is 1.56. The Morgan fingerprint density at radius 3 is 2.61 bits per heavy atom. The Morgan fingerprint density at radius 2 is 2.06 bits per heavy atom. The molecule has 0 aromatic heterocycles. The van der Waals surface area contributed by atoms with Crippen LogP contribution in [0.2, 0.25) is 0 Å². The van der Waals surface area contributed by atoms with Gasteiger partial charge in [-0.2, -0.15) is 0 Å². The van der Waals surface area contributed by atoms with Gasteiger partial charge in [-0.15, -0.1) is 0 Å². The highest BCUT2D eigenvalue weighted by Crippen LogP contribution is 2.29. The highest BCUT2D eigenvalue weighted by atomic mass is 16.5. The summed E-state index contributed by atoms with van der Waals surface area (Å²) < 4.78 is 10.4. The van der Waals surface area contributed by atoms with Crippen molar-refractivity contribution in [2.24, 2.45) is 0 Å². The minimum atomic E-state index is -0.104. The Morgan fingerprint density at radius 1 is 1.33 bits per heavy atom. The van der Waals surface area contributed by atoms with Gasteiger partial charge in [-0.3, -0.25) is 4.79 Å². The fourth-order valence-corrected chi connectivity index (χ4v) is 1.62. The first-order valence-corrected chi connectivity index (χ1v) is 5.80. The van der Waals surface area contributed by atoms with Crippen LogP contribution in [-0.2, 0) is 4.79 Å². The van der Waals surface area contributed by atoms with Crippen LogP contribution in [0.15, 0.2) is 24.3 Å². The number of hydrogen-bond acceptors (Lipinski definition) is 3. The van der Waals surface area contributed by atoms with Crippen molar-refractivity contribution >= 4 is 11.5 Å². The summed E-state index contributed by atoms with van der Waals surface area (Å²) in [5.41, 5.74) is 1.73. The van der Waals surface area contributed by atoms with E-state index in [1.165, 1.54) is 0 Å². The number of likely N-dealkylation sites (N-methyl/N-ethyl adjacent to an activating group) is 1. The molecule has 0 spiro atoms.